The van der Waals surface area contributed by atoms with Gasteiger partial charge in [0.05, 0.1) is 25.4 Å². The van der Waals surface area contributed by atoms with Crippen molar-refractivity contribution in [1.82, 2.24) is 9.13 Å². The fourth-order valence-electron chi connectivity index (χ4n) is 4.62. The molecule has 2 aliphatic rings. The van der Waals surface area contributed by atoms with E-state index in [2.05, 4.69) is 0 Å². The molecule has 0 spiro atoms. The van der Waals surface area contributed by atoms with E-state index in [1.165, 1.54) is 15.3 Å². The van der Waals surface area contributed by atoms with Crippen LogP contribution in [0.25, 0.3) is 0 Å². The molecule has 0 aromatic carbocycles. The molecular formula is C22H36N2O7. The maximum absolute atomic E-state index is 12.9. The standard InChI is InChI=1S/C22H36N2O7/c1-14-11-24(20-10-18(28)19(13-26)31-20)22(30)23(21(14)29)7-5-3-2-4-6-15-8-16(15)9-17(27)12-25/h11,15-20,25-28H,2-10,12-13H2,1H3/t15?,16?,17?,18-,19+,20+/m0/s1. The van der Waals surface area contributed by atoms with Crippen molar-refractivity contribution in [2.45, 2.75) is 89.4 Å². The van der Waals surface area contributed by atoms with E-state index in [1.807, 2.05) is 0 Å². The van der Waals surface area contributed by atoms with E-state index in [9.17, 15) is 24.9 Å². The first-order chi connectivity index (χ1) is 14.8. The van der Waals surface area contributed by atoms with Gasteiger partial charge in [-0.2, -0.15) is 0 Å². The maximum Gasteiger partial charge on any atom is 0.333 e. The van der Waals surface area contributed by atoms with E-state index in [1.54, 1.807) is 6.92 Å². The Hall–Kier alpha value is -1.52. The van der Waals surface area contributed by atoms with Crippen LogP contribution in [0, 0.1) is 18.8 Å². The lowest BCUT2D eigenvalue weighted by Gasteiger charge is -2.17. The molecule has 31 heavy (non-hydrogen) atoms. The van der Waals surface area contributed by atoms with Crippen molar-refractivity contribution in [2.75, 3.05) is 13.2 Å². The first kappa shape index (κ1) is 24.1. The lowest BCUT2D eigenvalue weighted by atomic mass is 10.1. The van der Waals surface area contributed by atoms with Crippen LogP contribution >= 0.6 is 0 Å². The van der Waals surface area contributed by atoms with Crippen molar-refractivity contribution in [3.63, 3.8) is 0 Å². The molecule has 1 saturated carbocycles. The molecule has 1 aromatic heterocycles. The van der Waals surface area contributed by atoms with Gasteiger partial charge in [-0.05, 0) is 38.0 Å². The highest BCUT2D eigenvalue weighted by molar-refractivity contribution is 5.04. The highest BCUT2D eigenvalue weighted by atomic mass is 16.5. The molecule has 9 nitrogen and oxygen atoms in total. The van der Waals surface area contributed by atoms with E-state index in [4.69, 9.17) is 9.84 Å². The molecule has 1 saturated heterocycles. The van der Waals surface area contributed by atoms with Gasteiger partial charge in [0.25, 0.3) is 5.56 Å². The third kappa shape index (κ3) is 6.04. The molecule has 2 fully saturated rings. The molecule has 1 aliphatic carbocycles. The Morgan fingerprint density at radius 2 is 1.87 bits per heavy atom. The number of aromatic nitrogens is 2. The monoisotopic (exact) mass is 440 g/mol. The van der Waals surface area contributed by atoms with Gasteiger partial charge in [0, 0.05) is 24.7 Å². The molecule has 2 heterocycles. The average molecular weight is 441 g/mol. The van der Waals surface area contributed by atoms with E-state index in [0.717, 1.165) is 38.5 Å². The van der Waals surface area contributed by atoms with Gasteiger partial charge >= 0.3 is 5.69 Å². The minimum absolute atomic E-state index is 0.168. The third-order valence-corrected chi connectivity index (χ3v) is 6.62. The molecular weight excluding hydrogens is 404 g/mol. The van der Waals surface area contributed by atoms with E-state index < -0.39 is 30.2 Å². The molecule has 6 atom stereocenters. The Kier molecular flexibility index (Phi) is 8.46. The van der Waals surface area contributed by atoms with Crippen LogP contribution in [0.1, 0.15) is 63.2 Å². The summed E-state index contributed by atoms with van der Waals surface area (Å²) in [5.41, 5.74) is -0.314. The van der Waals surface area contributed by atoms with Crippen LogP contribution in [0.4, 0.5) is 0 Å². The Bertz CT molecular complexity index is 836. The summed E-state index contributed by atoms with van der Waals surface area (Å²) in [5.74, 6) is 1.19. The SMILES string of the molecule is Cc1cn([C@H]2C[C@H](O)[C@@H](CO)O2)c(=O)n(CCCCCCC2CC2CC(O)CO)c1=O. The summed E-state index contributed by atoms with van der Waals surface area (Å²) in [4.78, 5) is 25.3. The lowest BCUT2D eigenvalue weighted by Crippen LogP contribution is -2.42. The zero-order valence-electron chi connectivity index (χ0n) is 18.2. The van der Waals surface area contributed by atoms with Crippen LogP contribution in [0.5, 0.6) is 0 Å². The molecule has 0 amide bonds. The van der Waals surface area contributed by atoms with Crippen LogP contribution in [0.2, 0.25) is 0 Å². The van der Waals surface area contributed by atoms with Crippen molar-refractivity contribution in [1.29, 1.82) is 0 Å². The molecule has 0 bridgehead atoms. The predicted octanol–water partition coefficient (Wildman–Crippen LogP) is 0.289. The number of hydrogen-bond donors (Lipinski definition) is 4. The van der Waals surface area contributed by atoms with Crippen LogP contribution in [-0.2, 0) is 11.3 Å². The van der Waals surface area contributed by atoms with Gasteiger partial charge in [-0.3, -0.25) is 13.9 Å². The highest BCUT2D eigenvalue weighted by Crippen LogP contribution is 2.45. The number of aliphatic hydroxyl groups is 4. The average Bonchev–Trinajstić information content (AvgIpc) is 3.37. The van der Waals surface area contributed by atoms with E-state index >= 15 is 0 Å². The summed E-state index contributed by atoms with van der Waals surface area (Å²) in [6, 6.07) is 0. The van der Waals surface area contributed by atoms with Gasteiger partial charge in [0.2, 0.25) is 0 Å². The number of ether oxygens (including phenoxy) is 1. The second kappa shape index (κ2) is 10.9. The quantitative estimate of drug-likeness (QED) is 0.343. The minimum atomic E-state index is -0.847. The fraction of sp³-hybridized carbons (Fsp3) is 0.818. The van der Waals surface area contributed by atoms with Crippen molar-refractivity contribution in [3.8, 4) is 0 Å². The summed E-state index contributed by atoms with van der Waals surface area (Å²) in [6.07, 6.45) is 5.48. The Morgan fingerprint density at radius 3 is 2.55 bits per heavy atom. The van der Waals surface area contributed by atoms with Gasteiger partial charge in [-0.1, -0.05) is 25.7 Å². The normalized spacial score (nSPS) is 28.7. The summed E-state index contributed by atoms with van der Waals surface area (Å²) < 4.78 is 8.17. The van der Waals surface area contributed by atoms with Crippen LogP contribution < -0.4 is 11.2 Å². The number of rotatable bonds is 12. The Labute approximate surface area is 181 Å². The summed E-state index contributed by atoms with van der Waals surface area (Å²) >= 11 is 0. The van der Waals surface area contributed by atoms with Crippen LogP contribution in [0.15, 0.2) is 15.8 Å². The number of aryl methyl sites for hydroxylation is 1. The third-order valence-electron chi connectivity index (χ3n) is 6.62. The van der Waals surface area contributed by atoms with Gasteiger partial charge in [-0.25, -0.2) is 4.79 Å². The second-order valence-corrected chi connectivity index (χ2v) is 9.10. The van der Waals surface area contributed by atoms with Crippen molar-refractivity contribution >= 4 is 0 Å². The zero-order chi connectivity index (χ0) is 22.5. The van der Waals surface area contributed by atoms with Crippen molar-refractivity contribution in [2.24, 2.45) is 11.8 Å². The summed E-state index contributed by atoms with van der Waals surface area (Å²) in [5, 5.41) is 37.6. The van der Waals surface area contributed by atoms with Crippen LogP contribution in [-0.4, -0.2) is 61.1 Å². The molecule has 3 unspecified atom stereocenters. The zero-order valence-corrected chi connectivity index (χ0v) is 18.2. The number of nitrogens with zero attached hydrogens (tertiary/aromatic N) is 2. The van der Waals surface area contributed by atoms with Gasteiger partial charge in [0.1, 0.15) is 12.3 Å². The molecule has 0 radical (unpaired) electrons. The van der Waals surface area contributed by atoms with Gasteiger partial charge in [0.15, 0.2) is 0 Å². The predicted molar refractivity (Wildman–Crippen MR) is 114 cm³/mol. The van der Waals surface area contributed by atoms with Crippen molar-refractivity contribution in [3.05, 3.63) is 32.6 Å². The smallest absolute Gasteiger partial charge is 0.333 e. The lowest BCUT2D eigenvalue weighted by molar-refractivity contribution is -0.0464. The molecule has 3 rings (SSSR count). The molecule has 1 aliphatic heterocycles. The van der Waals surface area contributed by atoms with Gasteiger partial charge in [-0.15, -0.1) is 0 Å². The van der Waals surface area contributed by atoms with Crippen LogP contribution in [0.3, 0.4) is 0 Å². The first-order valence-corrected chi connectivity index (χ1v) is 11.4. The molecule has 9 heteroatoms. The van der Waals surface area contributed by atoms with Gasteiger partial charge < -0.3 is 25.2 Å². The second-order valence-electron chi connectivity index (χ2n) is 9.10. The maximum atomic E-state index is 12.9. The van der Waals surface area contributed by atoms with Crippen molar-refractivity contribution < 1.29 is 25.2 Å². The highest BCUT2D eigenvalue weighted by Gasteiger charge is 2.37. The number of unbranched alkanes of at least 4 members (excludes halogenated alkanes) is 3. The number of hydrogen-bond acceptors (Lipinski definition) is 7. The Balaban J connectivity index is 1.47. The summed E-state index contributed by atoms with van der Waals surface area (Å²) in [7, 11) is 0. The fourth-order valence-corrected chi connectivity index (χ4v) is 4.62. The number of aliphatic hydroxyl groups excluding tert-OH is 4. The molecule has 1 aromatic rings. The first-order valence-electron chi connectivity index (χ1n) is 11.4. The molecule has 176 valence electrons. The van der Waals surface area contributed by atoms with E-state index in [0.29, 0.717) is 30.4 Å². The van der Waals surface area contributed by atoms with E-state index in [-0.39, 0.29) is 25.2 Å². The minimum Gasteiger partial charge on any atom is -0.394 e. The molecule has 4 N–H and O–H groups in total. The Morgan fingerprint density at radius 1 is 1.13 bits per heavy atom. The largest absolute Gasteiger partial charge is 0.394 e. The summed E-state index contributed by atoms with van der Waals surface area (Å²) in [6.45, 7) is 1.50. The topological polar surface area (TPSA) is 134 Å².